The van der Waals surface area contributed by atoms with Crippen LogP contribution in [0.3, 0.4) is 0 Å². The van der Waals surface area contributed by atoms with Gasteiger partial charge in [0.25, 0.3) is 5.91 Å². The Morgan fingerprint density at radius 1 is 1.32 bits per heavy atom. The van der Waals surface area contributed by atoms with Crippen LogP contribution in [0.1, 0.15) is 55.9 Å². The lowest BCUT2D eigenvalue weighted by molar-refractivity contribution is 0.0957. The van der Waals surface area contributed by atoms with E-state index in [1.165, 1.54) is 11.3 Å². The molecule has 0 radical (unpaired) electrons. The van der Waals surface area contributed by atoms with E-state index in [-0.39, 0.29) is 29.9 Å². The molecule has 0 saturated carbocycles. The smallest absolute Gasteiger partial charge is 0.263 e. The lowest BCUT2D eigenvalue weighted by Gasteiger charge is -2.23. The predicted octanol–water partition coefficient (Wildman–Crippen LogP) is 3.18. The number of rotatable bonds is 7. The minimum absolute atomic E-state index is 0. The second kappa shape index (κ2) is 11.7. The third-order valence-corrected chi connectivity index (χ3v) is 4.52. The number of hydrogen-bond donors (Lipinski definition) is 3. The number of aryl methyl sites for hydroxylation is 1. The van der Waals surface area contributed by atoms with Gasteiger partial charge in [-0.25, -0.2) is 4.98 Å². The number of carbonyl (C=O) groups excluding carboxylic acids is 1. The van der Waals surface area contributed by atoms with E-state index in [1.807, 2.05) is 6.92 Å². The van der Waals surface area contributed by atoms with Gasteiger partial charge in [0.1, 0.15) is 4.88 Å². The fourth-order valence-corrected chi connectivity index (χ4v) is 2.83. The first-order valence-electron chi connectivity index (χ1n) is 8.38. The van der Waals surface area contributed by atoms with Crippen molar-refractivity contribution in [2.24, 2.45) is 10.4 Å². The van der Waals surface area contributed by atoms with E-state index in [2.05, 4.69) is 53.6 Å². The molecule has 6 nitrogen and oxygen atoms in total. The minimum Gasteiger partial charge on any atom is -0.355 e. The molecular formula is C17H32IN5OS. The third kappa shape index (κ3) is 9.98. The maximum atomic E-state index is 12.0. The average Bonchev–Trinajstić information content (AvgIpc) is 2.93. The van der Waals surface area contributed by atoms with Crippen LogP contribution in [0.4, 0.5) is 0 Å². The van der Waals surface area contributed by atoms with Crippen molar-refractivity contribution in [3.05, 3.63) is 16.1 Å². The van der Waals surface area contributed by atoms with E-state index in [4.69, 9.17) is 0 Å². The standard InChI is InChI=1S/C17H31N5OS.HI/c1-12(7-8-17(3,4)5)22-16(18-6)20-10-9-19-15(23)14-13(2)21-11-24-14;/h11-12H,7-10H2,1-6H3,(H,19,23)(H2,18,20,22);1H. The van der Waals surface area contributed by atoms with Gasteiger partial charge < -0.3 is 16.0 Å². The quantitative estimate of drug-likeness (QED) is 0.242. The number of nitrogens with zero attached hydrogens (tertiary/aromatic N) is 2. The molecule has 25 heavy (non-hydrogen) atoms. The zero-order valence-electron chi connectivity index (χ0n) is 16.1. The summed E-state index contributed by atoms with van der Waals surface area (Å²) in [6.07, 6.45) is 2.24. The molecule has 0 aromatic carbocycles. The first-order chi connectivity index (χ1) is 11.2. The Balaban J connectivity index is 0.00000576. The predicted molar refractivity (Wildman–Crippen MR) is 117 cm³/mol. The Morgan fingerprint density at radius 2 is 1.96 bits per heavy atom. The minimum atomic E-state index is -0.0710. The van der Waals surface area contributed by atoms with E-state index in [9.17, 15) is 4.79 Å². The normalized spacial score (nSPS) is 13.0. The molecule has 1 rings (SSSR count). The van der Waals surface area contributed by atoms with Gasteiger partial charge in [-0.05, 0) is 32.1 Å². The second-order valence-corrected chi connectivity index (χ2v) is 8.02. The number of nitrogens with one attached hydrogen (secondary N) is 3. The van der Waals surface area contributed by atoms with Crippen molar-refractivity contribution in [3.63, 3.8) is 0 Å². The number of amides is 1. The monoisotopic (exact) mass is 481 g/mol. The van der Waals surface area contributed by atoms with Gasteiger partial charge in [-0.3, -0.25) is 9.79 Å². The second-order valence-electron chi connectivity index (χ2n) is 7.17. The van der Waals surface area contributed by atoms with Crippen LogP contribution < -0.4 is 16.0 Å². The van der Waals surface area contributed by atoms with Crippen LogP contribution in [0, 0.1) is 12.3 Å². The number of carbonyl (C=O) groups is 1. The summed E-state index contributed by atoms with van der Waals surface area (Å²) in [5.74, 6) is 0.693. The highest BCUT2D eigenvalue weighted by Crippen LogP contribution is 2.21. The Morgan fingerprint density at radius 3 is 2.48 bits per heavy atom. The molecule has 1 unspecified atom stereocenters. The highest BCUT2D eigenvalue weighted by molar-refractivity contribution is 14.0. The molecule has 1 aromatic heterocycles. The molecule has 0 saturated heterocycles. The van der Waals surface area contributed by atoms with Gasteiger partial charge in [-0.1, -0.05) is 20.8 Å². The summed E-state index contributed by atoms with van der Waals surface area (Å²) < 4.78 is 0. The van der Waals surface area contributed by atoms with Crippen molar-refractivity contribution in [1.29, 1.82) is 0 Å². The molecule has 144 valence electrons. The van der Waals surface area contributed by atoms with Crippen LogP contribution in [0.2, 0.25) is 0 Å². The first-order valence-corrected chi connectivity index (χ1v) is 9.26. The van der Waals surface area contributed by atoms with Crippen LogP contribution in [0.15, 0.2) is 10.5 Å². The molecule has 1 aromatic rings. The van der Waals surface area contributed by atoms with E-state index < -0.39 is 0 Å². The average molecular weight is 481 g/mol. The first kappa shape index (κ1) is 24.1. The van der Waals surface area contributed by atoms with Crippen molar-refractivity contribution in [2.45, 2.75) is 53.5 Å². The Hall–Kier alpha value is -0.900. The Kier molecular flexibility index (Phi) is 11.2. The number of aliphatic imine (C=N–C) groups is 1. The van der Waals surface area contributed by atoms with Crippen molar-refractivity contribution in [2.75, 3.05) is 20.1 Å². The number of guanidine groups is 1. The Labute approximate surface area is 172 Å². The van der Waals surface area contributed by atoms with E-state index in [1.54, 1.807) is 12.6 Å². The van der Waals surface area contributed by atoms with Crippen molar-refractivity contribution in [1.82, 2.24) is 20.9 Å². The maximum absolute atomic E-state index is 12.0. The number of hydrogen-bond acceptors (Lipinski definition) is 4. The molecule has 8 heteroatoms. The third-order valence-electron chi connectivity index (χ3n) is 3.59. The fourth-order valence-electron chi connectivity index (χ4n) is 2.11. The van der Waals surface area contributed by atoms with Gasteiger partial charge in [0.15, 0.2) is 5.96 Å². The molecule has 1 amide bonds. The number of aromatic nitrogens is 1. The van der Waals surface area contributed by atoms with Crippen molar-refractivity contribution in [3.8, 4) is 0 Å². The largest absolute Gasteiger partial charge is 0.355 e. The van der Waals surface area contributed by atoms with E-state index >= 15 is 0 Å². The number of thiazole rings is 1. The van der Waals surface area contributed by atoms with Crippen molar-refractivity contribution < 1.29 is 4.79 Å². The summed E-state index contributed by atoms with van der Waals surface area (Å²) in [5.41, 5.74) is 2.80. The van der Waals surface area contributed by atoms with Gasteiger partial charge in [0, 0.05) is 26.2 Å². The summed E-state index contributed by atoms with van der Waals surface area (Å²) in [4.78, 5) is 21.0. The molecule has 0 bridgehead atoms. The van der Waals surface area contributed by atoms with Crippen molar-refractivity contribution >= 4 is 47.2 Å². The molecule has 0 aliphatic rings. The Bertz CT molecular complexity index is 553. The molecule has 3 N–H and O–H groups in total. The lowest BCUT2D eigenvalue weighted by Crippen LogP contribution is -2.45. The topological polar surface area (TPSA) is 78.4 Å². The SMILES string of the molecule is CN=C(NCCNC(=O)c1scnc1C)NC(C)CCC(C)(C)C.I. The highest BCUT2D eigenvalue weighted by Gasteiger charge is 2.13. The zero-order chi connectivity index (χ0) is 18.2. The number of halogens is 1. The van der Waals surface area contributed by atoms with Crippen LogP contribution in [-0.2, 0) is 0 Å². The summed E-state index contributed by atoms with van der Waals surface area (Å²) >= 11 is 1.36. The summed E-state index contributed by atoms with van der Waals surface area (Å²) in [7, 11) is 1.76. The molecule has 1 heterocycles. The molecule has 1 atom stereocenters. The van der Waals surface area contributed by atoms with Crippen LogP contribution in [-0.4, -0.2) is 43.0 Å². The lowest BCUT2D eigenvalue weighted by atomic mass is 9.89. The van der Waals surface area contributed by atoms with Crippen LogP contribution in [0.25, 0.3) is 0 Å². The summed E-state index contributed by atoms with van der Waals surface area (Å²) in [6.45, 7) is 11.9. The van der Waals surface area contributed by atoms with E-state index in [0.29, 0.717) is 29.4 Å². The van der Waals surface area contributed by atoms with Gasteiger partial charge >= 0.3 is 0 Å². The molecule has 0 fully saturated rings. The van der Waals surface area contributed by atoms with Gasteiger partial charge in [0.05, 0.1) is 11.2 Å². The molecule has 0 aliphatic heterocycles. The molecule has 0 spiro atoms. The van der Waals surface area contributed by atoms with Crippen LogP contribution >= 0.6 is 35.3 Å². The zero-order valence-corrected chi connectivity index (χ0v) is 19.2. The fraction of sp³-hybridized carbons (Fsp3) is 0.706. The van der Waals surface area contributed by atoms with E-state index in [0.717, 1.165) is 24.5 Å². The highest BCUT2D eigenvalue weighted by atomic mass is 127. The van der Waals surface area contributed by atoms with Crippen LogP contribution in [0.5, 0.6) is 0 Å². The maximum Gasteiger partial charge on any atom is 0.263 e. The van der Waals surface area contributed by atoms with Gasteiger partial charge in [-0.2, -0.15) is 0 Å². The van der Waals surface area contributed by atoms with Gasteiger partial charge in [0.2, 0.25) is 0 Å². The summed E-state index contributed by atoms with van der Waals surface area (Å²) in [6, 6.07) is 0.352. The summed E-state index contributed by atoms with van der Waals surface area (Å²) in [5, 5.41) is 9.50. The molecular weight excluding hydrogens is 449 g/mol. The van der Waals surface area contributed by atoms with Gasteiger partial charge in [-0.15, -0.1) is 35.3 Å². The molecule has 0 aliphatic carbocycles.